The highest BCUT2D eigenvalue weighted by Crippen LogP contribution is 2.17. The number of anilines is 1. The van der Waals surface area contributed by atoms with Gasteiger partial charge in [-0.1, -0.05) is 54.1 Å². The van der Waals surface area contributed by atoms with Gasteiger partial charge in [-0.25, -0.2) is 0 Å². The summed E-state index contributed by atoms with van der Waals surface area (Å²) in [7, 11) is 0. The summed E-state index contributed by atoms with van der Waals surface area (Å²) in [4.78, 5) is 0. The molecule has 0 unspecified atom stereocenters. The van der Waals surface area contributed by atoms with E-state index in [0.717, 1.165) is 11.3 Å². The molecule has 0 aliphatic rings. The third-order valence-electron chi connectivity index (χ3n) is 3.06. The summed E-state index contributed by atoms with van der Waals surface area (Å²) >= 11 is 5.84. The Kier molecular flexibility index (Phi) is 5.20. The van der Waals surface area contributed by atoms with Crippen LogP contribution in [-0.4, -0.2) is 6.21 Å². The molecule has 0 saturated carbocycles. The maximum atomic E-state index is 5.84. The van der Waals surface area contributed by atoms with Crippen molar-refractivity contribution < 1.29 is 0 Å². The standard InChI is InChI=1S/C17H13ClN2.ClH/c18-15-8-10-16(11-9-15)20-19-12-14-6-3-5-13-4-1-2-7-17(13)14;/h1-12,20H;1H. The summed E-state index contributed by atoms with van der Waals surface area (Å²) in [5.41, 5.74) is 4.99. The topological polar surface area (TPSA) is 24.4 Å². The molecule has 0 atom stereocenters. The zero-order valence-electron chi connectivity index (χ0n) is 11.2. The van der Waals surface area contributed by atoms with Crippen molar-refractivity contribution in [2.45, 2.75) is 0 Å². The minimum atomic E-state index is 0. The van der Waals surface area contributed by atoms with Crippen LogP contribution in [0.25, 0.3) is 10.8 Å². The second-order valence-electron chi connectivity index (χ2n) is 4.45. The Balaban J connectivity index is 0.00000161. The first-order chi connectivity index (χ1) is 9.83. The lowest BCUT2D eigenvalue weighted by atomic mass is 10.1. The van der Waals surface area contributed by atoms with Gasteiger partial charge in [0.15, 0.2) is 0 Å². The van der Waals surface area contributed by atoms with E-state index in [4.69, 9.17) is 11.6 Å². The van der Waals surface area contributed by atoms with Gasteiger partial charge in [-0.05, 0) is 35.0 Å². The average molecular weight is 317 g/mol. The van der Waals surface area contributed by atoms with Gasteiger partial charge in [0, 0.05) is 10.6 Å². The fourth-order valence-corrected chi connectivity index (χ4v) is 2.19. The molecule has 106 valence electrons. The van der Waals surface area contributed by atoms with E-state index < -0.39 is 0 Å². The van der Waals surface area contributed by atoms with Crippen LogP contribution in [0.1, 0.15) is 5.56 Å². The molecule has 1 N–H and O–H groups in total. The Labute approximate surface area is 134 Å². The molecule has 0 spiro atoms. The molecule has 0 bridgehead atoms. The predicted octanol–water partition coefficient (Wildman–Crippen LogP) is 5.36. The number of halogens is 2. The van der Waals surface area contributed by atoms with E-state index in [9.17, 15) is 0 Å². The molecule has 21 heavy (non-hydrogen) atoms. The van der Waals surface area contributed by atoms with Gasteiger partial charge in [-0.15, -0.1) is 12.4 Å². The Morgan fingerprint density at radius 2 is 1.57 bits per heavy atom. The Morgan fingerprint density at radius 3 is 2.38 bits per heavy atom. The van der Waals surface area contributed by atoms with Crippen LogP contribution in [0.3, 0.4) is 0 Å². The van der Waals surface area contributed by atoms with Crippen LogP contribution < -0.4 is 5.43 Å². The molecule has 0 aliphatic heterocycles. The summed E-state index contributed by atoms with van der Waals surface area (Å²) in [6.45, 7) is 0. The molecule has 3 aromatic rings. The molecule has 0 heterocycles. The average Bonchev–Trinajstić information content (AvgIpc) is 2.49. The third-order valence-corrected chi connectivity index (χ3v) is 3.32. The van der Waals surface area contributed by atoms with Crippen molar-refractivity contribution in [3.8, 4) is 0 Å². The molecule has 4 heteroatoms. The zero-order chi connectivity index (χ0) is 13.8. The first kappa shape index (κ1) is 15.4. The number of hydrogen-bond donors (Lipinski definition) is 1. The van der Waals surface area contributed by atoms with Gasteiger partial charge in [-0.3, -0.25) is 5.43 Å². The first-order valence-corrected chi connectivity index (χ1v) is 6.73. The summed E-state index contributed by atoms with van der Waals surface area (Å²) in [5.74, 6) is 0. The number of benzene rings is 3. The van der Waals surface area contributed by atoms with E-state index >= 15 is 0 Å². The number of fused-ring (bicyclic) bond motifs is 1. The van der Waals surface area contributed by atoms with Crippen molar-refractivity contribution in [3.05, 3.63) is 77.3 Å². The van der Waals surface area contributed by atoms with E-state index in [1.54, 1.807) is 0 Å². The van der Waals surface area contributed by atoms with E-state index in [0.29, 0.717) is 5.02 Å². The summed E-state index contributed by atoms with van der Waals surface area (Å²) in [5, 5.41) is 7.39. The van der Waals surface area contributed by atoms with Gasteiger partial charge in [0.25, 0.3) is 0 Å². The number of hydrazone groups is 1. The van der Waals surface area contributed by atoms with Crippen molar-refractivity contribution in [2.75, 3.05) is 5.43 Å². The van der Waals surface area contributed by atoms with Crippen LogP contribution in [0.2, 0.25) is 5.02 Å². The van der Waals surface area contributed by atoms with Crippen LogP contribution in [0, 0.1) is 0 Å². The Bertz CT molecular complexity index is 747. The molecule has 0 aromatic heterocycles. The van der Waals surface area contributed by atoms with Crippen LogP contribution >= 0.6 is 24.0 Å². The normalized spacial score (nSPS) is 10.5. The largest absolute Gasteiger partial charge is 0.279 e. The van der Waals surface area contributed by atoms with Gasteiger partial charge < -0.3 is 0 Å². The van der Waals surface area contributed by atoms with Crippen molar-refractivity contribution in [3.63, 3.8) is 0 Å². The van der Waals surface area contributed by atoms with Gasteiger partial charge in [-0.2, -0.15) is 5.10 Å². The van der Waals surface area contributed by atoms with Crippen molar-refractivity contribution in [2.24, 2.45) is 5.10 Å². The third kappa shape index (κ3) is 3.75. The second-order valence-corrected chi connectivity index (χ2v) is 4.88. The summed E-state index contributed by atoms with van der Waals surface area (Å²) in [6, 6.07) is 21.9. The van der Waals surface area contributed by atoms with Crippen LogP contribution in [-0.2, 0) is 0 Å². The molecule has 0 amide bonds. The number of rotatable bonds is 3. The van der Waals surface area contributed by atoms with Gasteiger partial charge >= 0.3 is 0 Å². The second kappa shape index (κ2) is 7.11. The smallest absolute Gasteiger partial charge is 0.0562 e. The van der Waals surface area contributed by atoms with Crippen LogP contribution in [0.15, 0.2) is 71.8 Å². The Morgan fingerprint density at radius 1 is 0.857 bits per heavy atom. The lowest BCUT2D eigenvalue weighted by molar-refractivity contribution is 1.35. The minimum Gasteiger partial charge on any atom is -0.279 e. The first-order valence-electron chi connectivity index (χ1n) is 6.35. The lowest BCUT2D eigenvalue weighted by Crippen LogP contribution is -1.91. The highest BCUT2D eigenvalue weighted by atomic mass is 35.5. The van der Waals surface area contributed by atoms with Crippen molar-refractivity contribution in [1.29, 1.82) is 0 Å². The molecule has 0 radical (unpaired) electrons. The van der Waals surface area contributed by atoms with E-state index in [1.807, 2.05) is 48.7 Å². The fraction of sp³-hybridized carbons (Fsp3) is 0. The van der Waals surface area contributed by atoms with Gasteiger partial charge in [0.1, 0.15) is 0 Å². The lowest BCUT2D eigenvalue weighted by Gasteiger charge is -2.02. The summed E-state index contributed by atoms with van der Waals surface area (Å²) in [6.07, 6.45) is 1.83. The Hall–Kier alpha value is -2.03. The van der Waals surface area contributed by atoms with Crippen molar-refractivity contribution >= 4 is 46.7 Å². The predicted molar refractivity (Wildman–Crippen MR) is 93.9 cm³/mol. The molecule has 3 aromatic carbocycles. The number of hydrogen-bond acceptors (Lipinski definition) is 2. The SMILES string of the molecule is Cl.Clc1ccc(NN=Cc2cccc3ccccc23)cc1. The number of nitrogens with one attached hydrogen (secondary N) is 1. The molecule has 3 rings (SSSR count). The molecule has 0 aliphatic carbocycles. The fourth-order valence-electron chi connectivity index (χ4n) is 2.06. The number of nitrogens with zero attached hydrogens (tertiary/aromatic N) is 1. The van der Waals surface area contributed by atoms with E-state index in [-0.39, 0.29) is 12.4 Å². The van der Waals surface area contributed by atoms with E-state index in [2.05, 4.69) is 34.8 Å². The summed E-state index contributed by atoms with van der Waals surface area (Å²) < 4.78 is 0. The zero-order valence-corrected chi connectivity index (χ0v) is 12.7. The molecular weight excluding hydrogens is 303 g/mol. The van der Waals surface area contributed by atoms with Gasteiger partial charge in [0.05, 0.1) is 11.9 Å². The molecule has 2 nitrogen and oxygen atoms in total. The molecular formula is C17H14Cl2N2. The highest BCUT2D eigenvalue weighted by molar-refractivity contribution is 6.30. The molecule has 0 saturated heterocycles. The quantitative estimate of drug-likeness (QED) is 0.510. The van der Waals surface area contributed by atoms with Crippen molar-refractivity contribution in [1.82, 2.24) is 0 Å². The van der Waals surface area contributed by atoms with Crippen LogP contribution in [0.5, 0.6) is 0 Å². The molecule has 0 fully saturated rings. The minimum absolute atomic E-state index is 0. The maximum absolute atomic E-state index is 5.84. The van der Waals surface area contributed by atoms with Gasteiger partial charge in [0.2, 0.25) is 0 Å². The van der Waals surface area contributed by atoms with E-state index in [1.165, 1.54) is 10.8 Å². The monoisotopic (exact) mass is 316 g/mol. The highest BCUT2D eigenvalue weighted by Gasteiger charge is 1.96. The maximum Gasteiger partial charge on any atom is 0.0562 e. The van der Waals surface area contributed by atoms with Crippen LogP contribution in [0.4, 0.5) is 5.69 Å².